The average molecular weight is 255 g/mol. The van der Waals surface area contributed by atoms with Crippen molar-refractivity contribution in [3.8, 4) is 0 Å². The Morgan fingerprint density at radius 2 is 2.29 bits per heavy atom. The predicted octanol–water partition coefficient (Wildman–Crippen LogP) is 1.17. The zero-order chi connectivity index (χ0) is 10.6. The molecule has 0 radical (unpaired) electrons. The Hall–Kier alpha value is -1.20. The van der Waals surface area contributed by atoms with Gasteiger partial charge in [-0.2, -0.15) is 5.10 Å². The van der Waals surface area contributed by atoms with Crippen LogP contribution in [0.5, 0.6) is 0 Å². The maximum atomic E-state index is 5.34. The molecule has 0 aliphatic carbocycles. The number of aromatic nitrogens is 1. The molecule has 0 unspecified atom stereocenters. The lowest BCUT2D eigenvalue weighted by atomic mass is 10.3. The molecule has 0 amide bonds. The number of halogens is 1. The van der Waals surface area contributed by atoms with E-state index in [1.165, 1.54) is 0 Å². The van der Waals surface area contributed by atoms with Crippen molar-refractivity contribution in [3.63, 3.8) is 0 Å². The lowest BCUT2D eigenvalue weighted by molar-refractivity contribution is 0.777. The molecule has 0 aliphatic rings. The Morgan fingerprint density at radius 3 is 2.79 bits per heavy atom. The minimum atomic E-state index is 0.211. The Bertz CT molecular complexity index is 419. The van der Waals surface area contributed by atoms with Crippen LogP contribution in [0.4, 0.5) is 0 Å². The number of nitrogens with zero attached hydrogens (tertiary/aromatic N) is 3. The van der Waals surface area contributed by atoms with Crippen molar-refractivity contribution in [2.24, 2.45) is 15.8 Å². The van der Waals surface area contributed by atoms with Gasteiger partial charge < -0.3 is 5.73 Å². The fourth-order valence-corrected chi connectivity index (χ4v) is 1.51. The molecule has 0 saturated heterocycles. The molecule has 1 aromatic rings. The molecule has 4 nitrogen and oxygen atoms in total. The van der Waals surface area contributed by atoms with Crippen LogP contribution in [0.1, 0.15) is 5.69 Å². The van der Waals surface area contributed by atoms with E-state index in [2.05, 4.69) is 39.3 Å². The molecule has 0 atom stereocenters. The summed E-state index contributed by atoms with van der Waals surface area (Å²) in [4.78, 5) is 4.08. The van der Waals surface area contributed by atoms with Gasteiger partial charge in [-0.3, -0.25) is 4.99 Å². The van der Waals surface area contributed by atoms with Gasteiger partial charge in [0.2, 0.25) is 0 Å². The fraction of sp³-hybridized carbons (Fsp3) is 0.111. The predicted molar refractivity (Wildman–Crippen MR) is 61.8 cm³/mol. The van der Waals surface area contributed by atoms with Crippen molar-refractivity contribution in [2.75, 3.05) is 6.67 Å². The first-order chi connectivity index (χ1) is 6.72. The molecule has 0 bridgehead atoms. The maximum Gasteiger partial charge on any atom is 0.151 e. The first-order valence-corrected chi connectivity index (χ1v) is 4.75. The molecule has 1 aromatic heterocycles. The zero-order valence-corrected chi connectivity index (χ0v) is 9.24. The maximum absolute atomic E-state index is 5.34. The number of hydrogen-bond acceptors (Lipinski definition) is 3. The first kappa shape index (κ1) is 10.9. The normalized spacial score (nSPS) is 11.4. The standard InChI is InChI=1S/C9H11BrN4/c1-3-8-4-7(10)5-9(13-6-11)14(8)12-2/h3-5H,1-2,6,11H2. The number of hydrogen-bond donors (Lipinski definition) is 1. The molecular weight excluding hydrogens is 244 g/mol. The van der Waals surface area contributed by atoms with Gasteiger partial charge in [0.05, 0.1) is 12.4 Å². The highest BCUT2D eigenvalue weighted by atomic mass is 79.9. The highest BCUT2D eigenvalue weighted by Crippen LogP contribution is 2.09. The van der Waals surface area contributed by atoms with Crippen LogP contribution in [0.15, 0.2) is 33.3 Å². The molecule has 0 spiro atoms. The summed E-state index contributed by atoms with van der Waals surface area (Å²) in [6.45, 7) is 7.35. The summed E-state index contributed by atoms with van der Waals surface area (Å²) >= 11 is 3.36. The van der Waals surface area contributed by atoms with E-state index in [1.54, 1.807) is 10.8 Å². The van der Waals surface area contributed by atoms with Gasteiger partial charge in [-0.25, -0.2) is 4.68 Å². The van der Waals surface area contributed by atoms with Crippen molar-refractivity contribution >= 4 is 28.7 Å². The lowest BCUT2D eigenvalue weighted by Gasteiger charge is -2.05. The highest BCUT2D eigenvalue weighted by Gasteiger charge is 1.98. The van der Waals surface area contributed by atoms with Crippen LogP contribution < -0.4 is 11.2 Å². The number of nitrogens with two attached hydrogens (primary N) is 1. The van der Waals surface area contributed by atoms with Gasteiger partial charge >= 0.3 is 0 Å². The second-order valence-electron chi connectivity index (χ2n) is 2.45. The highest BCUT2D eigenvalue weighted by molar-refractivity contribution is 9.10. The lowest BCUT2D eigenvalue weighted by Crippen LogP contribution is -2.20. The Kier molecular flexibility index (Phi) is 3.79. The van der Waals surface area contributed by atoms with E-state index in [1.807, 2.05) is 12.1 Å². The molecule has 0 aliphatic heterocycles. The second kappa shape index (κ2) is 4.88. The van der Waals surface area contributed by atoms with Crippen LogP contribution in [0, 0.1) is 0 Å². The topological polar surface area (TPSA) is 55.7 Å². The summed E-state index contributed by atoms with van der Waals surface area (Å²) in [5, 5.41) is 3.83. The molecule has 14 heavy (non-hydrogen) atoms. The van der Waals surface area contributed by atoms with Crippen LogP contribution in [-0.2, 0) is 0 Å². The van der Waals surface area contributed by atoms with Crippen LogP contribution in [0.3, 0.4) is 0 Å². The summed E-state index contributed by atoms with van der Waals surface area (Å²) in [5.41, 5.74) is 6.79. The monoisotopic (exact) mass is 254 g/mol. The SMILES string of the molecule is C=Cc1cc(Br)cc(=NCN)n1N=C. The molecule has 0 saturated carbocycles. The van der Waals surface area contributed by atoms with Crippen molar-refractivity contribution < 1.29 is 0 Å². The summed E-state index contributed by atoms with van der Waals surface area (Å²) < 4.78 is 2.48. The van der Waals surface area contributed by atoms with Crippen molar-refractivity contribution in [1.82, 2.24) is 4.68 Å². The summed E-state index contributed by atoms with van der Waals surface area (Å²) in [6.07, 6.45) is 1.68. The fourth-order valence-electron chi connectivity index (χ4n) is 1.07. The van der Waals surface area contributed by atoms with Gasteiger partial charge in [0.15, 0.2) is 5.49 Å². The Morgan fingerprint density at radius 1 is 1.57 bits per heavy atom. The van der Waals surface area contributed by atoms with Gasteiger partial charge in [-0.05, 0) is 18.2 Å². The van der Waals surface area contributed by atoms with E-state index in [0.717, 1.165) is 10.2 Å². The summed E-state index contributed by atoms with van der Waals surface area (Å²) in [7, 11) is 0. The number of pyridine rings is 1. The number of rotatable bonds is 3. The van der Waals surface area contributed by atoms with Gasteiger partial charge in [0, 0.05) is 11.2 Å². The van der Waals surface area contributed by atoms with Crippen LogP contribution in [-0.4, -0.2) is 18.1 Å². The molecule has 2 N–H and O–H groups in total. The molecule has 1 rings (SSSR count). The van der Waals surface area contributed by atoms with E-state index >= 15 is 0 Å². The zero-order valence-electron chi connectivity index (χ0n) is 7.65. The molecule has 0 fully saturated rings. The van der Waals surface area contributed by atoms with E-state index in [4.69, 9.17) is 5.73 Å². The van der Waals surface area contributed by atoms with E-state index < -0.39 is 0 Å². The second-order valence-corrected chi connectivity index (χ2v) is 3.37. The average Bonchev–Trinajstić information content (AvgIpc) is 2.17. The third-order valence-corrected chi connectivity index (χ3v) is 2.08. The minimum absolute atomic E-state index is 0.211. The largest absolute Gasteiger partial charge is 0.312 e. The first-order valence-electron chi connectivity index (χ1n) is 3.95. The van der Waals surface area contributed by atoms with Crippen molar-refractivity contribution in [2.45, 2.75) is 0 Å². The van der Waals surface area contributed by atoms with E-state index in [0.29, 0.717) is 5.49 Å². The Labute approximate surface area is 90.6 Å². The molecular formula is C9H11BrN4. The van der Waals surface area contributed by atoms with Crippen LogP contribution in [0.25, 0.3) is 6.08 Å². The van der Waals surface area contributed by atoms with Gasteiger partial charge in [0.1, 0.15) is 0 Å². The molecule has 5 heteroatoms. The molecule has 74 valence electrons. The van der Waals surface area contributed by atoms with Crippen LogP contribution in [0.2, 0.25) is 0 Å². The van der Waals surface area contributed by atoms with Gasteiger partial charge in [-0.15, -0.1) is 0 Å². The van der Waals surface area contributed by atoms with Gasteiger partial charge in [-0.1, -0.05) is 22.5 Å². The quantitative estimate of drug-likeness (QED) is 0.810. The summed E-state index contributed by atoms with van der Waals surface area (Å²) in [6, 6.07) is 3.69. The van der Waals surface area contributed by atoms with Gasteiger partial charge in [0.25, 0.3) is 0 Å². The van der Waals surface area contributed by atoms with E-state index in [-0.39, 0.29) is 6.67 Å². The third-order valence-electron chi connectivity index (χ3n) is 1.62. The minimum Gasteiger partial charge on any atom is -0.312 e. The van der Waals surface area contributed by atoms with Crippen LogP contribution >= 0.6 is 15.9 Å². The van der Waals surface area contributed by atoms with Crippen molar-refractivity contribution in [3.05, 3.63) is 34.4 Å². The third kappa shape index (κ3) is 2.18. The van der Waals surface area contributed by atoms with Crippen molar-refractivity contribution in [1.29, 1.82) is 0 Å². The summed E-state index contributed by atoms with van der Waals surface area (Å²) in [5.74, 6) is 0. The molecule has 0 aromatic carbocycles. The van der Waals surface area contributed by atoms with E-state index in [9.17, 15) is 0 Å². The smallest absolute Gasteiger partial charge is 0.151 e. The Balaban J connectivity index is 3.55. The molecule has 1 heterocycles.